The number of carbonyl (C=O) groups is 1. The summed E-state index contributed by atoms with van der Waals surface area (Å²) >= 11 is 4.05. The summed E-state index contributed by atoms with van der Waals surface area (Å²) in [5, 5.41) is 10.8. The number of thioether (sulfide) groups is 1. The normalized spacial score (nSPS) is 11.0. The van der Waals surface area contributed by atoms with E-state index < -0.39 is 17.5 Å². The van der Waals surface area contributed by atoms with Gasteiger partial charge in [-0.25, -0.2) is 13.5 Å². The first-order valence-corrected chi connectivity index (χ1v) is 10.6. The standard InChI is InChI=1S/C19H18BrF2N5O2S/c1-10(2)29-13-5-3-4-11(6-13)18-25-26-19(27(18)23)30-9-16(28)24-17-14(20)7-12(21)8-15(17)22/h3-8,10H,9,23H2,1-2H3,(H,24,28). The molecular formula is C19H18BrF2N5O2S. The van der Waals surface area contributed by atoms with Crippen molar-refractivity contribution in [1.82, 2.24) is 14.9 Å². The second-order valence-electron chi connectivity index (χ2n) is 6.45. The number of ether oxygens (including phenoxy) is 1. The van der Waals surface area contributed by atoms with Crippen molar-refractivity contribution in [3.63, 3.8) is 0 Å². The van der Waals surface area contributed by atoms with Crippen LogP contribution in [0.15, 0.2) is 46.0 Å². The van der Waals surface area contributed by atoms with E-state index in [1.54, 1.807) is 6.07 Å². The summed E-state index contributed by atoms with van der Waals surface area (Å²) in [7, 11) is 0. The maximum absolute atomic E-state index is 13.9. The van der Waals surface area contributed by atoms with Gasteiger partial charge in [-0.15, -0.1) is 10.2 Å². The Morgan fingerprint density at radius 2 is 2.07 bits per heavy atom. The molecule has 0 spiro atoms. The topological polar surface area (TPSA) is 95.1 Å². The Kier molecular flexibility index (Phi) is 6.93. The Bertz CT molecular complexity index is 1050. The van der Waals surface area contributed by atoms with E-state index in [0.29, 0.717) is 28.4 Å². The van der Waals surface area contributed by atoms with E-state index in [2.05, 4.69) is 31.4 Å². The van der Waals surface area contributed by atoms with E-state index in [1.807, 2.05) is 32.0 Å². The Morgan fingerprint density at radius 1 is 1.30 bits per heavy atom. The smallest absolute Gasteiger partial charge is 0.234 e. The molecule has 1 heterocycles. The molecule has 0 bridgehead atoms. The summed E-state index contributed by atoms with van der Waals surface area (Å²) in [5.41, 5.74) is 0.565. The van der Waals surface area contributed by atoms with Crippen LogP contribution in [0.5, 0.6) is 5.75 Å². The number of amides is 1. The molecule has 3 aromatic rings. The molecule has 0 radical (unpaired) electrons. The number of rotatable bonds is 7. The number of anilines is 1. The maximum Gasteiger partial charge on any atom is 0.234 e. The largest absolute Gasteiger partial charge is 0.491 e. The number of hydrogen-bond acceptors (Lipinski definition) is 6. The highest BCUT2D eigenvalue weighted by Crippen LogP contribution is 2.28. The first-order chi connectivity index (χ1) is 14.2. The molecular weight excluding hydrogens is 480 g/mol. The molecule has 0 aliphatic heterocycles. The van der Waals surface area contributed by atoms with Crippen LogP contribution in [0.3, 0.4) is 0 Å². The van der Waals surface area contributed by atoms with Gasteiger partial charge in [-0.2, -0.15) is 0 Å². The van der Waals surface area contributed by atoms with Crippen molar-refractivity contribution in [2.45, 2.75) is 25.1 Å². The van der Waals surface area contributed by atoms with E-state index in [4.69, 9.17) is 10.6 Å². The van der Waals surface area contributed by atoms with Crippen molar-refractivity contribution in [3.05, 3.63) is 52.5 Å². The molecule has 0 saturated carbocycles. The van der Waals surface area contributed by atoms with Gasteiger partial charge in [0.05, 0.1) is 17.5 Å². The van der Waals surface area contributed by atoms with E-state index in [-0.39, 0.29) is 22.0 Å². The minimum absolute atomic E-state index is 0.0200. The van der Waals surface area contributed by atoms with Crippen LogP contribution in [0.1, 0.15) is 13.8 Å². The average molecular weight is 498 g/mol. The molecule has 3 N–H and O–H groups in total. The van der Waals surface area contributed by atoms with Crippen LogP contribution < -0.4 is 15.9 Å². The molecule has 1 amide bonds. The van der Waals surface area contributed by atoms with Crippen molar-refractivity contribution in [2.75, 3.05) is 16.9 Å². The van der Waals surface area contributed by atoms with Crippen molar-refractivity contribution in [2.24, 2.45) is 0 Å². The fraction of sp³-hybridized carbons (Fsp3) is 0.211. The monoisotopic (exact) mass is 497 g/mol. The molecule has 1 aromatic heterocycles. The van der Waals surface area contributed by atoms with Gasteiger partial charge in [-0.05, 0) is 48.0 Å². The van der Waals surface area contributed by atoms with Gasteiger partial charge < -0.3 is 15.9 Å². The zero-order valence-electron chi connectivity index (χ0n) is 16.0. The van der Waals surface area contributed by atoms with E-state index >= 15 is 0 Å². The minimum atomic E-state index is -0.881. The summed E-state index contributed by atoms with van der Waals surface area (Å²) in [6.45, 7) is 3.85. The zero-order chi connectivity index (χ0) is 21.8. The van der Waals surface area contributed by atoms with Crippen molar-refractivity contribution in [1.29, 1.82) is 0 Å². The lowest BCUT2D eigenvalue weighted by molar-refractivity contribution is -0.113. The Morgan fingerprint density at radius 3 is 2.77 bits per heavy atom. The molecule has 0 unspecified atom stereocenters. The zero-order valence-corrected chi connectivity index (χ0v) is 18.4. The van der Waals surface area contributed by atoms with Gasteiger partial charge in [0.1, 0.15) is 11.6 Å². The Labute approximate surface area is 184 Å². The minimum Gasteiger partial charge on any atom is -0.491 e. The summed E-state index contributed by atoms with van der Waals surface area (Å²) in [6.07, 6.45) is 0.0200. The van der Waals surface area contributed by atoms with E-state index in [9.17, 15) is 13.6 Å². The number of halogens is 3. The highest BCUT2D eigenvalue weighted by Gasteiger charge is 2.17. The molecule has 0 aliphatic carbocycles. The second kappa shape index (κ2) is 9.43. The van der Waals surface area contributed by atoms with Gasteiger partial charge in [0.25, 0.3) is 0 Å². The second-order valence-corrected chi connectivity index (χ2v) is 8.25. The molecule has 0 saturated heterocycles. The third kappa shape index (κ3) is 5.28. The quantitative estimate of drug-likeness (QED) is 0.374. The van der Waals surface area contributed by atoms with Crippen LogP contribution in [0.4, 0.5) is 14.5 Å². The fourth-order valence-corrected chi connectivity index (χ4v) is 3.68. The third-order valence-corrected chi connectivity index (χ3v) is 5.30. The Hall–Kier alpha value is -2.66. The van der Waals surface area contributed by atoms with Crippen LogP contribution in [-0.4, -0.2) is 32.6 Å². The molecule has 7 nitrogen and oxygen atoms in total. The molecule has 0 aliphatic rings. The van der Waals surface area contributed by atoms with Crippen molar-refractivity contribution < 1.29 is 18.3 Å². The van der Waals surface area contributed by atoms with Crippen LogP contribution in [0.2, 0.25) is 0 Å². The summed E-state index contributed by atoms with van der Waals surface area (Å²) < 4.78 is 34.1. The predicted octanol–water partition coefficient (Wildman–Crippen LogP) is 4.22. The number of nitrogen functional groups attached to an aromatic ring is 1. The van der Waals surface area contributed by atoms with E-state index in [1.165, 1.54) is 4.68 Å². The SMILES string of the molecule is CC(C)Oc1cccc(-c2nnc(SCC(=O)Nc3c(F)cc(F)cc3Br)n2N)c1. The van der Waals surface area contributed by atoms with Crippen molar-refractivity contribution >= 4 is 39.3 Å². The van der Waals surface area contributed by atoms with Crippen LogP contribution in [-0.2, 0) is 4.79 Å². The van der Waals surface area contributed by atoms with Gasteiger partial charge in [0, 0.05) is 16.1 Å². The maximum atomic E-state index is 13.9. The lowest BCUT2D eigenvalue weighted by atomic mass is 10.2. The van der Waals surface area contributed by atoms with Crippen molar-refractivity contribution in [3.8, 4) is 17.1 Å². The first kappa shape index (κ1) is 22.0. The van der Waals surface area contributed by atoms with Gasteiger partial charge in [-0.3, -0.25) is 4.79 Å². The molecule has 0 fully saturated rings. The van der Waals surface area contributed by atoms with E-state index in [0.717, 1.165) is 17.8 Å². The van der Waals surface area contributed by atoms with Crippen LogP contribution in [0.25, 0.3) is 11.4 Å². The first-order valence-electron chi connectivity index (χ1n) is 8.79. The summed E-state index contributed by atoms with van der Waals surface area (Å²) in [5.74, 6) is 4.91. The Balaban J connectivity index is 1.68. The number of benzene rings is 2. The fourth-order valence-electron chi connectivity index (χ4n) is 2.52. The molecule has 3 rings (SSSR count). The predicted molar refractivity (Wildman–Crippen MR) is 115 cm³/mol. The summed E-state index contributed by atoms with van der Waals surface area (Å²) in [6, 6.07) is 9.00. The van der Waals surface area contributed by atoms with Gasteiger partial charge in [0.2, 0.25) is 11.1 Å². The number of aromatic nitrogens is 3. The number of nitrogens with one attached hydrogen (secondary N) is 1. The lowest BCUT2D eigenvalue weighted by Crippen LogP contribution is -2.17. The van der Waals surface area contributed by atoms with Gasteiger partial charge in [-0.1, -0.05) is 23.9 Å². The lowest BCUT2D eigenvalue weighted by Gasteiger charge is -2.11. The molecule has 158 valence electrons. The highest BCUT2D eigenvalue weighted by molar-refractivity contribution is 9.10. The van der Waals surface area contributed by atoms with Crippen LogP contribution >= 0.6 is 27.7 Å². The third-order valence-electron chi connectivity index (χ3n) is 3.73. The number of hydrogen-bond donors (Lipinski definition) is 2. The van der Waals surface area contributed by atoms with Gasteiger partial charge in [0.15, 0.2) is 11.6 Å². The summed E-state index contributed by atoms with van der Waals surface area (Å²) in [4.78, 5) is 12.2. The molecule has 30 heavy (non-hydrogen) atoms. The molecule has 11 heteroatoms. The molecule has 0 atom stereocenters. The van der Waals surface area contributed by atoms with Crippen LogP contribution in [0, 0.1) is 11.6 Å². The molecule has 2 aromatic carbocycles. The number of nitrogens with two attached hydrogens (primary N) is 1. The number of nitrogens with zero attached hydrogens (tertiary/aromatic N) is 3. The average Bonchev–Trinajstić information content (AvgIpc) is 3.03. The van der Waals surface area contributed by atoms with Gasteiger partial charge >= 0.3 is 0 Å². The highest BCUT2D eigenvalue weighted by atomic mass is 79.9. The number of carbonyl (C=O) groups excluding carboxylic acids is 1.